The number of fused-ring (bicyclic) bond motifs is 1. The van der Waals surface area contributed by atoms with Gasteiger partial charge < -0.3 is 20.3 Å². The Labute approximate surface area is 141 Å². The third kappa shape index (κ3) is 3.38. The summed E-state index contributed by atoms with van der Waals surface area (Å²) < 4.78 is 5.82. The van der Waals surface area contributed by atoms with E-state index in [2.05, 4.69) is 4.98 Å². The SMILES string of the molecule is CN(C)CCN1C(=O)/C(=C\c2ccncc2)Oc2cc(N)ccc21. The molecular weight excluding hydrogens is 304 g/mol. The molecule has 0 saturated heterocycles. The largest absolute Gasteiger partial charge is 0.449 e. The first-order valence-electron chi connectivity index (χ1n) is 7.70. The number of carbonyl (C=O) groups is 1. The lowest BCUT2D eigenvalue weighted by molar-refractivity contribution is -0.117. The minimum absolute atomic E-state index is 0.161. The van der Waals surface area contributed by atoms with E-state index in [1.807, 2.05) is 37.2 Å². The Morgan fingerprint density at radius 2 is 2.00 bits per heavy atom. The van der Waals surface area contributed by atoms with Crippen molar-refractivity contribution in [1.29, 1.82) is 0 Å². The number of likely N-dealkylation sites (N-methyl/N-ethyl adjacent to an activating group) is 1. The zero-order valence-electron chi connectivity index (χ0n) is 13.8. The summed E-state index contributed by atoms with van der Waals surface area (Å²) in [4.78, 5) is 20.6. The van der Waals surface area contributed by atoms with Crippen molar-refractivity contribution in [2.45, 2.75) is 0 Å². The summed E-state index contributed by atoms with van der Waals surface area (Å²) in [5.74, 6) is 0.706. The van der Waals surface area contributed by atoms with Gasteiger partial charge in [-0.25, -0.2) is 0 Å². The number of pyridine rings is 1. The van der Waals surface area contributed by atoms with Crippen LogP contribution in [0.2, 0.25) is 0 Å². The monoisotopic (exact) mass is 324 g/mol. The maximum absolute atomic E-state index is 12.9. The second kappa shape index (κ2) is 6.72. The molecule has 0 spiro atoms. The number of aromatic nitrogens is 1. The van der Waals surface area contributed by atoms with E-state index in [-0.39, 0.29) is 11.7 Å². The van der Waals surface area contributed by atoms with Crippen molar-refractivity contribution in [1.82, 2.24) is 9.88 Å². The molecule has 0 bridgehead atoms. The molecule has 1 aromatic carbocycles. The number of nitrogens with zero attached hydrogens (tertiary/aromatic N) is 3. The predicted octanol–water partition coefficient (Wildman–Crippen LogP) is 1.99. The molecule has 0 aliphatic carbocycles. The van der Waals surface area contributed by atoms with Crippen LogP contribution in [-0.2, 0) is 4.79 Å². The van der Waals surface area contributed by atoms with E-state index < -0.39 is 0 Å². The third-order valence-electron chi connectivity index (χ3n) is 3.73. The van der Waals surface area contributed by atoms with Gasteiger partial charge >= 0.3 is 0 Å². The highest BCUT2D eigenvalue weighted by molar-refractivity contribution is 6.10. The fourth-order valence-electron chi connectivity index (χ4n) is 2.46. The second-order valence-corrected chi connectivity index (χ2v) is 5.88. The van der Waals surface area contributed by atoms with Crippen molar-refractivity contribution in [3.05, 3.63) is 54.0 Å². The zero-order valence-corrected chi connectivity index (χ0v) is 13.8. The maximum Gasteiger partial charge on any atom is 0.294 e. The second-order valence-electron chi connectivity index (χ2n) is 5.88. The van der Waals surface area contributed by atoms with Crippen LogP contribution in [0.4, 0.5) is 11.4 Å². The normalized spacial score (nSPS) is 15.5. The molecule has 1 aliphatic rings. The Balaban J connectivity index is 1.99. The number of hydrogen-bond donors (Lipinski definition) is 1. The maximum atomic E-state index is 12.9. The van der Waals surface area contributed by atoms with Gasteiger partial charge in [-0.05, 0) is 50.0 Å². The minimum atomic E-state index is -0.161. The van der Waals surface area contributed by atoms with E-state index in [4.69, 9.17) is 10.5 Å². The fraction of sp³-hybridized carbons (Fsp3) is 0.222. The summed E-state index contributed by atoms with van der Waals surface area (Å²) in [6.45, 7) is 1.32. The van der Waals surface area contributed by atoms with E-state index in [0.29, 0.717) is 18.0 Å². The van der Waals surface area contributed by atoms with Crippen molar-refractivity contribution in [2.75, 3.05) is 37.8 Å². The molecule has 0 unspecified atom stereocenters. The Bertz CT molecular complexity index is 772. The first-order chi connectivity index (χ1) is 11.5. The van der Waals surface area contributed by atoms with Gasteiger partial charge in [0.05, 0.1) is 5.69 Å². The quantitative estimate of drug-likeness (QED) is 0.688. The Hall–Kier alpha value is -2.86. The molecule has 1 aromatic heterocycles. The molecule has 124 valence electrons. The summed E-state index contributed by atoms with van der Waals surface area (Å²) in [5.41, 5.74) is 8.05. The summed E-state index contributed by atoms with van der Waals surface area (Å²) in [6.07, 6.45) is 5.07. The molecular formula is C18H20N4O2. The molecule has 0 radical (unpaired) electrons. The number of rotatable bonds is 4. The standard InChI is InChI=1S/C18H20N4O2/c1-21(2)9-10-22-15-4-3-14(19)12-16(15)24-17(18(22)23)11-13-5-7-20-8-6-13/h3-8,11-12H,9-10,19H2,1-2H3/b17-11+. The van der Waals surface area contributed by atoms with E-state index in [0.717, 1.165) is 17.8 Å². The number of benzene rings is 1. The lowest BCUT2D eigenvalue weighted by Gasteiger charge is -2.31. The topological polar surface area (TPSA) is 71.7 Å². The van der Waals surface area contributed by atoms with Gasteiger partial charge in [0.25, 0.3) is 5.91 Å². The van der Waals surface area contributed by atoms with E-state index in [9.17, 15) is 4.79 Å². The highest BCUT2D eigenvalue weighted by atomic mass is 16.5. The summed E-state index contributed by atoms with van der Waals surface area (Å²) >= 11 is 0. The average Bonchev–Trinajstić information content (AvgIpc) is 2.56. The number of hydrogen-bond acceptors (Lipinski definition) is 5. The van der Waals surface area contributed by atoms with E-state index in [1.165, 1.54) is 0 Å². The number of carbonyl (C=O) groups excluding carboxylic acids is 1. The van der Waals surface area contributed by atoms with Gasteiger partial charge in [0.15, 0.2) is 11.5 Å². The van der Waals surface area contributed by atoms with Crippen molar-refractivity contribution in [2.24, 2.45) is 0 Å². The highest BCUT2D eigenvalue weighted by Crippen LogP contribution is 2.37. The van der Waals surface area contributed by atoms with Crippen LogP contribution in [0, 0.1) is 0 Å². The molecule has 0 fully saturated rings. The van der Waals surface area contributed by atoms with Gasteiger partial charge in [-0.1, -0.05) is 0 Å². The Kier molecular flexibility index (Phi) is 4.48. The number of nitrogen functional groups attached to an aromatic ring is 1. The van der Waals surface area contributed by atoms with Crippen LogP contribution < -0.4 is 15.4 Å². The number of amides is 1. The number of ether oxygens (including phenoxy) is 1. The van der Waals surface area contributed by atoms with Crippen molar-refractivity contribution in [3.8, 4) is 5.75 Å². The van der Waals surface area contributed by atoms with Crippen LogP contribution in [-0.4, -0.2) is 43.0 Å². The summed E-state index contributed by atoms with van der Waals surface area (Å²) in [5, 5.41) is 0. The molecule has 2 aromatic rings. The first kappa shape index (κ1) is 16.0. The van der Waals surface area contributed by atoms with Gasteiger partial charge in [0.1, 0.15) is 0 Å². The van der Waals surface area contributed by atoms with Crippen molar-refractivity contribution >= 4 is 23.4 Å². The lowest BCUT2D eigenvalue weighted by Crippen LogP contribution is -2.41. The summed E-state index contributed by atoms with van der Waals surface area (Å²) in [6, 6.07) is 8.98. The van der Waals surface area contributed by atoms with Gasteiger partial charge in [-0.2, -0.15) is 0 Å². The van der Waals surface area contributed by atoms with Crippen LogP contribution in [0.5, 0.6) is 5.75 Å². The fourth-order valence-corrected chi connectivity index (χ4v) is 2.46. The molecule has 0 saturated carbocycles. The highest BCUT2D eigenvalue weighted by Gasteiger charge is 2.30. The van der Waals surface area contributed by atoms with E-state index >= 15 is 0 Å². The van der Waals surface area contributed by atoms with Gasteiger partial charge in [0, 0.05) is 37.2 Å². The molecule has 6 heteroatoms. The van der Waals surface area contributed by atoms with Crippen LogP contribution in [0.1, 0.15) is 5.56 Å². The molecule has 24 heavy (non-hydrogen) atoms. The van der Waals surface area contributed by atoms with Gasteiger partial charge in [-0.15, -0.1) is 0 Å². The molecule has 1 amide bonds. The molecule has 1 aliphatic heterocycles. The van der Waals surface area contributed by atoms with Crippen LogP contribution in [0.15, 0.2) is 48.5 Å². The van der Waals surface area contributed by atoms with Crippen LogP contribution >= 0.6 is 0 Å². The van der Waals surface area contributed by atoms with Gasteiger partial charge in [-0.3, -0.25) is 9.78 Å². The number of nitrogens with two attached hydrogens (primary N) is 1. The number of anilines is 2. The predicted molar refractivity (Wildman–Crippen MR) is 94.6 cm³/mol. The molecule has 3 rings (SSSR count). The van der Waals surface area contributed by atoms with Crippen molar-refractivity contribution in [3.63, 3.8) is 0 Å². The van der Waals surface area contributed by atoms with Crippen molar-refractivity contribution < 1.29 is 9.53 Å². The minimum Gasteiger partial charge on any atom is -0.449 e. The molecule has 6 nitrogen and oxygen atoms in total. The molecule has 2 N–H and O–H groups in total. The van der Waals surface area contributed by atoms with Crippen LogP contribution in [0.3, 0.4) is 0 Å². The van der Waals surface area contributed by atoms with Gasteiger partial charge in [0.2, 0.25) is 0 Å². The Morgan fingerprint density at radius 3 is 2.71 bits per heavy atom. The zero-order chi connectivity index (χ0) is 17.1. The van der Waals surface area contributed by atoms with E-state index in [1.54, 1.807) is 35.5 Å². The first-order valence-corrected chi connectivity index (χ1v) is 7.70. The average molecular weight is 324 g/mol. The van der Waals surface area contributed by atoms with Crippen LogP contribution in [0.25, 0.3) is 6.08 Å². The smallest absolute Gasteiger partial charge is 0.294 e. The summed E-state index contributed by atoms with van der Waals surface area (Å²) in [7, 11) is 3.95. The lowest BCUT2D eigenvalue weighted by atomic mass is 10.1. The molecule has 2 heterocycles. The molecule has 0 atom stereocenters. The third-order valence-corrected chi connectivity index (χ3v) is 3.73. The Morgan fingerprint density at radius 1 is 1.25 bits per heavy atom.